The molecule has 0 aromatic heterocycles. The van der Waals surface area contributed by atoms with E-state index in [1.165, 1.54) is 52.1 Å². The Hall–Kier alpha value is -1.63. The molecule has 4 saturated carbocycles. The van der Waals surface area contributed by atoms with Gasteiger partial charge in [-0.2, -0.15) is 0 Å². The number of carboxylic acids is 1. The second kappa shape index (κ2) is 10.6. The highest BCUT2D eigenvalue weighted by molar-refractivity contribution is 5.87. The number of aliphatic hydroxyl groups excluding tert-OH is 1. The van der Waals surface area contributed by atoms with Crippen LogP contribution in [0.15, 0.2) is 0 Å². The van der Waals surface area contributed by atoms with E-state index in [2.05, 4.69) is 30.8 Å². The Balaban J connectivity index is 1.36. The molecule has 4 fully saturated rings. The predicted molar refractivity (Wildman–Crippen MR) is 136 cm³/mol. The molecule has 0 spiro atoms. The number of aliphatic hydroxyl groups is 1. The van der Waals surface area contributed by atoms with Gasteiger partial charge in [0, 0.05) is 6.42 Å². The van der Waals surface area contributed by atoms with Crippen LogP contribution in [-0.2, 0) is 19.1 Å². The normalized spacial score (nSPS) is 41.2. The van der Waals surface area contributed by atoms with Crippen LogP contribution in [0.4, 0.5) is 0 Å². The van der Waals surface area contributed by atoms with Gasteiger partial charge in [-0.15, -0.1) is 0 Å². The molecule has 0 unspecified atom stereocenters. The molecule has 0 bridgehead atoms. The van der Waals surface area contributed by atoms with Crippen molar-refractivity contribution in [2.75, 3.05) is 7.11 Å². The number of esters is 1. The first-order valence-corrected chi connectivity index (χ1v) is 14.3. The Morgan fingerprint density at radius 3 is 2.39 bits per heavy atom. The zero-order chi connectivity index (χ0) is 26.3. The maximum atomic E-state index is 12.6. The van der Waals surface area contributed by atoms with Gasteiger partial charge < -0.3 is 20.3 Å². The van der Waals surface area contributed by atoms with Gasteiger partial charge in [0.1, 0.15) is 6.04 Å². The summed E-state index contributed by atoms with van der Waals surface area (Å²) in [5.41, 5.74) is 0.698. The van der Waals surface area contributed by atoms with Crippen molar-refractivity contribution in [3.8, 4) is 0 Å². The summed E-state index contributed by atoms with van der Waals surface area (Å²) in [6.45, 7) is 7.32. The molecule has 0 radical (unpaired) electrons. The molecule has 4 aliphatic rings. The molecule has 1 amide bonds. The number of carboxylic acid groups (broad SMARTS) is 1. The molecule has 4 rings (SSSR count). The lowest BCUT2D eigenvalue weighted by atomic mass is 9.44. The third kappa shape index (κ3) is 5.06. The molecule has 3 N–H and O–H groups in total. The number of nitrogens with one attached hydrogen (secondary N) is 1. The van der Waals surface area contributed by atoms with Gasteiger partial charge in [0.05, 0.1) is 19.6 Å². The molecular formula is C29H47NO6. The van der Waals surface area contributed by atoms with Crippen LogP contribution in [0, 0.1) is 46.3 Å². The van der Waals surface area contributed by atoms with Gasteiger partial charge in [0.15, 0.2) is 0 Å². The number of rotatable bonds is 8. The van der Waals surface area contributed by atoms with Crippen molar-refractivity contribution in [1.82, 2.24) is 5.32 Å². The molecular weight excluding hydrogens is 458 g/mol. The molecule has 0 aromatic rings. The van der Waals surface area contributed by atoms with Gasteiger partial charge in [0.25, 0.3) is 0 Å². The summed E-state index contributed by atoms with van der Waals surface area (Å²) in [4.78, 5) is 35.5. The summed E-state index contributed by atoms with van der Waals surface area (Å²) in [5.74, 6) is 1.83. The van der Waals surface area contributed by atoms with Crippen LogP contribution >= 0.6 is 0 Å². The van der Waals surface area contributed by atoms with E-state index in [0.29, 0.717) is 35.0 Å². The minimum Gasteiger partial charge on any atom is -0.481 e. The average Bonchev–Trinajstić information content (AvgIpc) is 3.19. The van der Waals surface area contributed by atoms with Crippen LogP contribution in [0.3, 0.4) is 0 Å². The molecule has 4 aliphatic carbocycles. The third-order valence-electron chi connectivity index (χ3n) is 11.4. The smallest absolute Gasteiger partial charge is 0.328 e. The number of hydrogen-bond donors (Lipinski definition) is 3. The van der Waals surface area contributed by atoms with Crippen molar-refractivity contribution in [3.05, 3.63) is 0 Å². The Kier molecular flexibility index (Phi) is 8.09. The van der Waals surface area contributed by atoms with Crippen molar-refractivity contribution in [2.45, 2.75) is 110 Å². The van der Waals surface area contributed by atoms with E-state index >= 15 is 0 Å². The average molecular weight is 506 g/mol. The molecule has 0 aromatic carbocycles. The highest BCUT2D eigenvalue weighted by Gasteiger charge is 2.60. The number of methoxy groups -OCH3 is 1. The van der Waals surface area contributed by atoms with E-state index in [0.717, 1.165) is 37.0 Å². The molecule has 204 valence electrons. The summed E-state index contributed by atoms with van der Waals surface area (Å²) in [7, 11) is 1.20. The lowest BCUT2D eigenvalue weighted by Gasteiger charge is -2.61. The van der Waals surface area contributed by atoms with Gasteiger partial charge >= 0.3 is 11.9 Å². The van der Waals surface area contributed by atoms with Crippen LogP contribution < -0.4 is 5.32 Å². The first kappa shape index (κ1) is 27.4. The summed E-state index contributed by atoms with van der Waals surface area (Å²) in [5, 5.41) is 21.9. The summed E-state index contributed by atoms with van der Waals surface area (Å²) < 4.78 is 4.65. The number of aliphatic carboxylic acids is 1. The minimum absolute atomic E-state index is 0.102. The number of hydrogen-bond acceptors (Lipinski definition) is 5. The molecule has 36 heavy (non-hydrogen) atoms. The Morgan fingerprint density at radius 2 is 1.69 bits per heavy atom. The van der Waals surface area contributed by atoms with Gasteiger partial charge in [-0.3, -0.25) is 9.59 Å². The van der Waals surface area contributed by atoms with Crippen LogP contribution in [0.2, 0.25) is 0 Å². The summed E-state index contributed by atoms with van der Waals surface area (Å²) in [6.07, 6.45) is 11.2. The number of carbonyl (C=O) groups excluding carboxylic acids is 2. The van der Waals surface area contributed by atoms with Gasteiger partial charge in [-0.05, 0) is 111 Å². The van der Waals surface area contributed by atoms with E-state index in [1.807, 2.05) is 0 Å². The zero-order valence-corrected chi connectivity index (χ0v) is 22.6. The number of carbonyl (C=O) groups is 3. The number of amides is 1. The highest BCUT2D eigenvalue weighted by atomic mass is 16.5. The van der Waals surface area contributed by atoms with Crippen molar-refractivity contribution < 1.29 is 29.3 Å². The number of fused-ring (bicyclic) bond motifs is 5. The monoisotopic (exact) mass is 505 g/mol. The Morgan fingerprint density at radius 1 is 1.00 bits per heavy atom. The van der Waals surface area contributed by atoms with E-state index in [-0.39, 0.29) is 12.0 Å². The van der Waals surface area contributed by atoms with Crippen molar-refractivity contribution in [3.63, 3.8) is 0 Å². The second-order valence-corrected chi connectivity index (χ2v) is 13.1. The first-order chi connectivity index (χ1) is 17.0. The fourth-order valence-corrected chi connectivity index (χ4v) is 9.55. The second-order valence-electron chi connectivity index (χ2n) is 13.1. The summed E-state index contributed by atoms with van der Waals surface area (Å²) >= 11 is 0. The van der Waals surface area contributed by atoms with Crippen LogP contribution in [0.1, 0.15) is 97.8 Å². The lowest BCUT2D eigenvalue weighted by molar-refractivity contribution is -0.149. The van der Waals surface area contributed by atoms with Crippen LogP contribution in [0.25, 0.3) is 0 Å². The summed E-state index contributed by atoms with van der Waals surface area (Å²) in [6, 6.07) is -1.14. The maximum Gasteiger partial charge on any atom is 0.328 e. The molecule has 0 aliphatic heterocycles. The van der Waals surface area contributed by atoms with Gasteiger partial charge in [0.2, 0.25) is 5.91 Å². The van der Waals surface area contributed by atoms with Crippen molar-refractivity contribution in [1.29, 1.82) is 0 Å². The highest BCUT2D eigenvalue weighted by Crippen LogP contribution is 2.68. The topological polar surface area (TPSA) is 113 Å². The van der Waals surface area contributed by atoms with E-state index in [4.69, 9.17) is 5.11 Å². The van der Waals surface area contributed by atoms with Crippen LogP contribution in [-0.4, -0.2) is 47.3 Å². The SMILES string of the molecule is COC(=O)[C@@H](CC(=O)O)NC(=O)CC[C@@H](C)[C@H]1CC[C@H]2[C@@H]3CC[C@@H]4C[C@H](O)CC[C@]4(C)[C@H]3CC[C@]12C. The predicted octanol–water partition coefficient (Wildman–Crippen LogP) is 4.56. The molecule has 7 heteroatoms. The van der Waals surface area contributed by atoms with Crippen LogP contribution in [0.5, 0.6) is 0 Å². The molecule has 7 nitrogen and oxygen atoms in total. The maximum absolute atomic E-state index is 12.6. The molecule has 10 atom stereocenters. The fourth-order valence-electron chi connectivity index (χ4n) is 9.55. The standard InChI is InChI=1S/C29H47NO6/c1-17(5-10-25(32)30-24(16-26(33)34)27(35)36-4)21-8-9-22-20-7-6-18-15-19(31)11-13-28(18,2)23(20)12-14-29(21,22)3/h17-24,31H,5-16H2,1-4H3,(H,30,32)(H,33,34)/t17-,18-,19-,20+,21-,22+,23+,24-,28+,29-/m1/s1. The van der Waals surface area contributed by atoms with Gasteiger partial charge in [-0.25, -0.2) is 4.79 Å². The van der Waals surface area contributed by atoms with E-state index in [9.17, 15) is 19.5 Å². The Bertz CT molecular complexity index is 846. The quantitative estimate of drug-likeness (QED) is 0.417. The minimum atomic E-state index is -1.15. The first-order valence-electron chi connectivity index (χ1n) is 14.3. The largest absolute Gasteiger partial charge is 0.481 e. The van der Waals surface area contributed by atoms with E-state index in [1.54, 1.807) is 0 Å². The fraction of sp³-hybridized carbons (Fsp3) is 0.897. The van der Waals surface area contributed by atoms with Crippen molar-refractivity contribution >= 4 is 17.8 Å². The number of ether oxygens (including phenoxy) is 1. The Labute approximate surface area is 216 Å². The third-order valence-corrected chi connectivity index (χ3v) is 11.4. The molecule has 0 heterocycles. The lowest BCUT2D eigenvalue weighted by Crippen LogP contribution is -2.54. The zero-order valence-electron chi connectivity index (χ0n) is 22.6. The molecule has 0 saturated heterocycles. The van der Waals surface area contributed by atoms with E-state index < -0.39 is 24.4 Å². The van der Waals surface area contributed by atoms with Crippen molar-refractivity contribution in [2.24, 2.45) is 46.3 Å². The van der Waals surface area contributed by atoms with Gasteiger partial charge in [-0.1, -0.05) is 20.8 Å².